The van der Waals surface area contributed by atoms with Crippen molar-refractivity contribution >= 4 is 34.6 Å². The normalized spacial score (nSPS) is 15.3. The van der Waals surface area contributed by atoms with E-state index in [1.165, 1.54) is 25.3 Å². The maximum Gasteiger partial charge on any atom is 0.296 e. The Bertz CT molecular complexity index is 883. The second kappa shape index (κ2) is 7.09. The minimum absolute atomic E-state index is 0.0393. The molecule has 2 aromatic rings. The molecule has 134 valence electrons. The molecule has 2 aromatic carbocycles. The van der Waals surface area contributed by atoms with Crippen LogP contribution in [-0.2, 0) is 9.59 Å². The third-order valence-corrected chi connectivity index (χ3v) is 3.90. The lowest BCUT2D eigenvalue weighted by Gasteiger charge is -2.26. The number of methoxy groups -OCH3 is 1. The number of anilines is 3. The summed E-state index contributed by atoms with van der Waals surface area (Å²) in [6, 6.07) is 10.5. The number of nitro groups is 1. The van der Waals surface area contributed by atoms with Crippen molar-refractivity contribution in [2.24, 2.45) is 0 Å². The quantitative estimate of drug-likeness (QED) is 0.558. The number of ether oxygens (including phenoxy) is 1. The predicted molar refractivity (Wildman–Crippen MR) is 95.4 cm³/mol. The highest BCUT2D eigenvalue weighted by Crippen LogP contribution is 2.30. The first-order chi connectivity index (χ1) is 12.5. The van der Waals surface area contributed by atoms with Gasteiger partial charge in [0.2, 0.25) is 11.8 Å². The highest BCUT2D eigenvalue weighted by molar-refractivity contribution is 6.06. The van der Waals surface area contributed by atoms with Crippen molar-refractivity contribution in [2.45, 2.75) is 12.5 Å². The molecule has 1 atom stereocenters. The highest BCUT2D eigenvalue weighted by Gasteiger charge is 2.28. The van der Waals surface area contributed by atoms with Crippen molar-refractivity contribution in [1.29, 1.82) is 0 Å². The lowest BCUT2D eigenvalue weighted by atomic mass is 10.1. The third kappa shape index (κ3) is 3.56. The molecule has 0 saturated carbocycles. The fourth-order valence-corrected chi connectivity index (χ4v) is 2.62. The SMILES string of the molecule is COc1ccc(NC(=O)C[C@@H]2Nc3ccccc3NC2=O)c([N+](=O)[O-])c1. The number of rotatable bonds is 5. The van der Waals surface area contributed by atoms with E-state index < -0.39 is 16.9 Å². The molecule has 1 heterocycles. The van der Waals surface area contributed by atoms with Crippen LogP contribution in [0.4, 0.5) is 22.7 Å². The number of nitrogens with one attached hydrogen (secondary N) is 3. The van der Waals surface area contributed by atoms with Gasteiger partial charge in [0, 0.05) is 0 Å². The van der Waals surface area contributed by atoms with Gasteiger partial charge in [-0.2, -0.15) is 0 Å². The van der Waals surface area contributed by atoms with Crippen molar-refractivity contribution in [3.05, 3.63) is 52.6 Å². The summed E-state index contributed by atoms with van der Waals surface area (Å²) >= 11 is 0. The predicted octanol–water partition coefficient (Wildman–Crippen LogP) is 2.36. The van der Waals surface area contributed by atoms with Crippen molar-refractivity contribution in [1.82, 2.24) is 0 Å². The molecule has 3 N–H and O–H groups in total. The molecule has 0 fully saturated rings. The Kier molecular flexibility index (Phi) is 4.70. The first-order valence-corrected chi connectivity index (χ1v) is 7.76. The monoisotopic (exact) mass is 356 g/mol. The maximum absolute atomic E-state index is 12.3. The molecule has 9 heteroatoms. The summed E-state index contributed by atoms with van der Waals surface area (Å²) in [6.45, 7) is 0. The van der Waals surface area contributed by atoms with E-state index in [9.17, 15) is 19.7 Å². The van der Waals surface area contributed by atoms with Crippen molar-refractivity contribution < 1.29 is 19.2 Å². The van der Waals surface area contributed by atoms with Crippen LogP contribution in [0.1, 0.15) is 6.42 Å². The highest BCUT2D eigenvalue weighted by atomic mass is 16.6. The first kappa shape index (κ1) is 17.2. The molecule has 0 bridgehead atoms. The molecule has 0 radical (unpaired) electrons. The molecule has 9 nitrogen and oxygen atoms in total. The number of amides is 2. The fourth-order valence-electron chi connectivity index (χ4n) is 2.62. The van der Waals surface area contributed by atoms with Gasteiger partial charge in [0.05, 0.1) is 35.9 Å². The Morgan fingerprint density at radius 2 is 2.00 bits per heavy atom. The van der Waals surface area contributed by atoms with Gasteiger partial charge in [-0.05, 0) is 24.3 Å². The number of nitro benzene ring substituents is 1. The van der Waals surface area contributed by atoms with E-state index >= 15 is 0 Å². The van der Waals surface area contributed by atoms with Gasteiger partial charge in [-0.15, -0.1) is 0 Å². The van der Waals surface area contributed by atoms with E-state index in [0.29, 0.717) is 17.1 Å². The molecule has 3 rings (SSSR count). The summed E-state index contributed by atoms with van der Waals surface area (Å²) < 4.78 is 4.95. The van der Waals surface area contributed by atoms with Crippen molar-refractivity contribution in [2.75, 3.05) is 23.1 Å². The summed E-state index contributed by atoms with van der Waals surface area (Å²) in [6.07, 6.45) is -0.177. The molecule has 0 aliphatic carbocycles. The van der Waals surface area contributed by atoms with Crippen LogP contribution in [0.25, 0.3) is 0 Å². The smallest absolute Gasteiger partial charge is 0.296 e. The second-order valence-corrected chi connectivity index (χ2v) is 5.62. The molecule has 1 aliphatic rings. The van der Waals surface area contributed by atoms with Crippen LogP contribution in [-0.4, -0.2) is 29.9 Å². The van der Waals surface area contributed by atoms with Crippen LogP contribution in [0.15, 0.2) is 42.5 Å². The minimum Gasteiger partial charge on any atom is -0.496 e. The molecule has 1 aliphatic heterocycles. The number of fused-ring (bicyclic) bond motifs is 1. The fraction of sp³-hybridized carbons (Fsp3) is 0.176. The average molecular weight is 356 g/mol. The van der Waals surface area contributed by atoms with Crippen LogP contribution >= 0.6 is 0 Å². The third-order valence-electron chi connectivity index (χ3n) is 3.90. The molecular weight excluding hydrogens is 340 g/mol. The van der Waals surface area contributed by atoms with E-state index in [2.05, 4.69) is 16.0 Å². The van der Waals surface area contributed by atoms with Crippen LogP contribution in [0.2, 0.25) is 0 Å². The number of para-hydroxylation sites is 2. The van der Waals surface area contributed by atoms with E-state index in [1.807, 2.05) is 0 Å². The molecular formula is C17H16N4O5. The Morgan fingerprint density at radius 1 is 1.27 bits per heavy atom. The van der Waals surface area contributed by atoms with E-state index in [1.54, 1.807) is 24.3 Å². The number of carbonyl (C=O) groups excluding carboxylic acids is 2. The lowest BCUT2D eigenvalue weighted by Crippen LogP contribution is -2.41. The Hall–Kier alpha value is -3.62. The van der Waals surface area contributed by atoms with Crippen LogP contribution in [0, 0.1) is 10.1 Å². The lowest BCUT2D eigenvalue weighted by molar-refractivity contribution is -0.384. The maximum atomic E-state index is 12.3. The van der Waals surface area contributed by atoms with Gasteiger partial charge >= 0.3 is 0 Å². The Morgan fingerprint density at radius 3 is 2.69 bits per heavy atom. The molecule has 0 spiro atoms. The Balaban J connectivity index is 1.72. The van der Waals surface area contributed by atoms with Gasteiger partial charge in [-0.3, -0.25) is 19.7 Å². The van der Waals surface area contributed by atoms with Gasteiger partial charge in [-0.25, -0.2) is 0 Å². The summed E-state index contributed by atoms with van der Waals surface area (Å²) in [4.78, 5) is 35.0. The number of carbonyl (C=O) groups is 2. The summed E-state index contributed by atoms with van der Waals surface area (Å²) in [5.41, 5.74) is 1.10. The molecule has 26 heavy (non-hydrogen) atoms. The number of nitrogens with zero attached hydrogens (tertiary/aromatic N) is 1. The zero-order chi connectivity index (χ0) is 18.7. The molecule has 0 saturated heterocycles. The largest absolute Gasteiger partial charge is 0.496 e. The average Bonchev–Trinajstić information content (AvgIpc) is 2.62. The first-order valence-electron chi connectivity index (χ1n) is 7.76. The molecule has 0 aromatic heterocycles. The molecule has 2 amide bonds. The van der Waals surface area contributed by atoms with Gasteiger partial charge in [0.1, 0.15) is 17.5 Å². The van der Waals surface area contributed by atoms with Gasteiger partial charge < -0.3 is 20.7 Å². The van der Waals surface area contributed by atoms with Crippen molar-refractivity contribution in [3.63, 3.8) is 0 Å². The van der Waals surface area contributed by atoms with Crippen LogP contribution in [0.3, 0.4) is 0 Å². The standard InChI is InChI=1S/C17H16N4O5/c1-26-10-6-7-13(15(8-10)21(24)25)19-16(22)9-14-17(23)20-12-5-3-2-4-11(12)18-14/h2-8,14,18H,9H2,1H3,(H,19,22)(H,20,23)/t14-/m0/s1. The van der Waals surface area contributed by atoms with Gasteiger partial charge in [-0.1, -0.05) is 12.1 Å². The number of hydrogen-bond acceptors (Lipinski definition) is 6. The summed E-state index contributed by atoms with van der Waals surface area (Å²) in [5.74, 6) is -0.562. The van der Waals surface area contributed by atoms with Crippen molar-refractivity contribution in [3.8, 4) is 5.75 Å². The van der Waals surface area contributed by atoms with Crippen LogP contribution in [0.5, 0.6) is 5.75 Å². The van der Waals surface area contributed by atoms with E-state index in [4.69, 9.17) is 4.74 Å². The summed E-state index contributed by atoms with van der Waals surface area (Å²) in [7, 11) is 1.39. The van der Waals surface area contributed by atoms with Gasteiger partial charge in [0.15, 0.2) is 0 Å². The summed E-state index contributed by atoms with van der Waals surface area (Å²) in [5, 5.41) is 19.4. The van der Waals surface area contributed by atoms with Gasteiger partial charge in [0.25, 0.3) is 5.69 Å². The molecule has 0 unspecified atom stereocenters. The number of hydrogen-bond donors (Lipinski definition) is 3. The van der Waals surface area contributed by atoms with Crippen LogP contribution < -0.4 is 20.7 Å². The number of benzene rings is 2. The Labute approximate surface area is 148 Å². The second-order valence-electron chi connectivity index (χ2n) is 5.62. The van der Waals surface area contributed by atoms with E-state index in [-0.39, 0.29) is 23.7 Å². The topological polar surface area (TPSA) is 123 Å². The van der Waals surface area contributed by atoms with E-state index in [0.717, 1.165) is 0 Å². The zero-order valence-electron chi connectivity index (χ0n) is 13.8. The minimum atomic E-state index is -0.776. The zero-order valence-corrected chi connectivity index (χ0v) is 13.8.